The predicted octanol–water partition coefficient (Wildman–Crippen LogP) is 4.02. The number of benzene rings is 2. The van der Waals surface area contributed by atoms with Crippen LogP contribution in [-0.4, -0.2) is 53.7 Å². The van der Waals surface area contributed by atoms with E-state index in [0.717, 1.165) is 17.5 Å². The van der Waals surface area contributed by atoms with Crippen molar-refractivity contribution in [1.29, 1.82) is 0 Å². The van der Waals surface area contributed by atoms with Gasteiger partial charge in [0.25, 0.3) is 0 Å². The van der Waals surface area contributed by atoms with Crippen LogP contribution in [0.4, 0.5) is 4.79 Å². The second-order valence-corrected chi connectivity index (χ2v) is 8.82. The maximum atomic E-state index is 12.7. The molecule has 2 aromatic carbocycles. The van der Waals surface area contributed by atoms with Crippen molar-refractivity contribution in [3.8, 4) is 11.1 Å². The summed E-state index contributed by atoms with van der Waals surface area (Å²) >= 11 is 0. The topological polar surface area (TPSA) is 95.9 Å². The molecule has 33 heavy (non-hydrogen) atoms. The second kappa shape index (κ2) is 10.1. The average Bonchev–Trinajstić information content (AvgIpc) is 3.42. The van der Waals surface area contributed by atoms with Gasteiger partial charge in [-0.05, 0) is 35.1 Å². The smallest absolute Gasteiger partial charge is 0.407 e. The predicted molar refractivity (Wildman–Crippen MR) is 124 cm³/mol. The molecule has 0 radical (unpaired) electrons. The summed E-state index contributed by atoms with van der Waals surface area (Å²) in [5.41, 5.74) is 4.63. The minimum atomic E-state index is -0.868. The third kappa shape index (κ3) is 5.02. The highest BCUT2D eigenvalue weighted by atomic mass is 16.5. The molecule has 2 aromatic rings. The fourth-order valence-corrected chi connectivity index (χ4v) is 4.91. The Labute approximate surface area is 193 Å². The first-order valence-corrected chi connectivity index (χ1v) is 11.6. The van der Waals surface area contributed by atoms with Crippen LogP contribution < -0.4 is 5.32 Å². The van der Waals surface area contributed by atoms with E-state index >= 15 is 0 Å². The van der Waals surface area contributed by atoms with Crippen molar-refractivity contribution < 1.29 is 24.2 Å². The number of carbonyl (C=O) groups is 3. The van der Waals surface area contributed by atoms with Gasteiger partial charge < -0.3 is 20.1 Å². The fraction of sp³-hybridized carbons (Fsp3) is 0.423. The summed E-state index contributed by atoms with van der Waals surface area (Å²) in [7, 11) is 0. The van der Waals surface area contributed by atoms with Crippen LogP contribution in [0.3, 0.4) is 0 Å². The van der Waals surface area contributed by atoms with Gasteiger partial charge in [-0.2, -0.15) is 0 Å². The molecule has 0 saturated carbocycles. The molecule has 1 aliphatic carbocycles. The number of carboxylic acid groups (broad SMARTS) is 1. The van der Waals surface area contributed by atoms with Crippen molar-refractivity contribution in [2.24, 2.45) is 5.92 Å². The first kappa shape index (κ1) is 22.8. The maximum Gasteiger partial charge on any atom is 0.407 e. The Balaban J connectivity index is 1.34. The summed E-state index contributed by atoms with van der Waals surface area (Å²) in [6, 6.07) is 16.0. The normalized spacial score (nSPS) is 17.8. The van der Waals surface area contributed by atoms with Gasteiger partial charge in [-0.1, -0.05) is 61.9 Å². The summed E-state index contributed by atoms with van der Waals surface area (Å²) < 4.78 is 5.62. The van der Waals surface area contributed by atoms with E-state index < -0.39 is 18.0 Å². The van der Waals surface area contributed by atoms with Crippen molar-refractivity contribution in [1.82, 2.24) is 10.2 Å². The Morgan fingerprint density at radius 1 is 1.09 bits per heavy atom. The number of fused-ring (bicyclic) bond motifs is 3. The lowest BCUT2D eigenvalue weighted by molar-refractivity contribution is -0.141. The fourth-order valence-electron chi connectivity index (χ4n) is 4.91. The van der Waals surface area contributed by atoms with Crippen LogP contribution in [0.25, 0.3) is 11.1 Å². The van der Waals surface area contributed by atoms with Crippen molar-refractivity contribution in [2.45, 2.75) is 44.6 Å². The zero-order valence-corrected chi connectivity index (χ0v) is 18.8. The molecule has 7 nitrogen and oxygen atoms in total. The van der Waals surface area contributed by atoms with Gasteiger partial charge in [-0.25, -0.2) is 4.79 Å². The molecule has 1 saturated heterocycles. The Morgan fingerprint density at radius 3 is 2.30 bits per heavy atom. The molecule has 1 aliphatic heterocycles. The van der Waals surface area contributed by atoms with Crippen molar-refractivity contribution >= 4 is 18.0 Å². The van der Waals surface area contributed by atoms with Gasteiger partial charge in [0.05, 0.1) is 5.92 Å². The van der Waals surface area contributed by atoms with Crippen LogP contribution in [0, 0.1) is 5.92 Å². The van der Waals surface area contributed by atoms with Crippen LogP contribution >= 0.6 is 0 Å². The maximum absolute atomic E-state index is 12.7. The third-order valence-electron chi connectivity index (χ3n) is 6.61. The Kier molecular flexibility index (Phi) is 6.96. The molecule has 1 unspecified atom stereocenters. The van der Waals surface area contributed by atoms with Gasteiger partial charge in [0.2, 0.25) is 5.91 Å². The molecule has 2 aliphatic rings. The molecule has 2 atom stereocenters. The highest BCUT2D eigenvalue weighted by Gasteiger charge is 2.32. The zero-order chi connectivity index (χ0) is 23.4. The molecule has 7 heteroatoms. The summed E-state index contributed by atoms with van der Waals surface area (Å²) in [6.07, 6.45) is 1.53. The highest BCUT2D eigenvalue weighted by Crippen LogP contribution is 2.44. The SMILES string of the molecule is CCC[C@@H](CC(=O)N1CCC(C(=O)O)C1)NC(=O)OCC1c2ccccc2-c2ccccc21. The molecule has 4 rings (SSSR count). The van der Waals surface area contributed by atoms with Gasteiger partial charge in [-0.3, -0.25) is 9.59 Å². The summed E-state index contributed by atoms with van der Waals surface area (Å²) in [4.78, 5) is 38.0. The molecular weight excluding hydrogens is 420 g/mol. The number of likely N-dealkylation sites (tertiary alicyclic amines) is 1. The Bertz CT molecular complexity index is 991. The molecular formula is C26H30N2O5. The van der Waals surface area contributed by atoms with E-state index in [4.69, 9.17) is 9.84 Å². The van der Waals surface area contributed by atoms with E-state index in [0.29, 0.717) is 19.4 Å². The highest BCUT2D eigenvalue weighted by molar-refractivity contribution is 5.80. The lowest BCUT2D eigenvalue weighted by Gasteiger charge is -2.22. The quantitative estimate of drug-likeness (QED) is 0.633. The number of rotatable bonds is 8. The number of hydrogen-bond donors (Lipinski definition) is 2. The molecule has 2 amide bonds. The number of aliphatic carboxylic acids is 1. The zero-order valence-electron chi connectivity index (χ0n) is 18.8. The third-order valence-corrected chi connectivity index (χ3v) is 6.61. The molecule has 0 bridgehead atoms. The molecule has 1 fully saturated rings. The standard InChI is InChI=1S/C26H30N2O5/c1-2-7-18(14-24(29)28-13-12-17(15-28)25(30)31)27-26(32)33-16-23-21-10-5-3-8-19(21)20-9-4-6-11-22(20)23/h3-6,8-11,17-18,23H,2,7,12-16H2,1H3,(H,27,32)(H,30,31)/t17?,18-/m0/s1. The van der Waals surface area contributed by atoms with Crippen LogP contribution in [0.1, 0.15) is 49.7 Å². The lowest BCUT2D eigenvalue weighted by atomic mass is 9.98. The van der Waals surface area contributed by atoms with Crippen molar-refractivity contribution in [3.05, 3.63) is 59.7 Å². The molecule has 1 heterocycles. The van der Waals surface area contributed by atoms with Crippen LogP contribution in [0.2, 0.25) is 0 Å². The van der Waals surface area contributed by atoms with E-state index in [1.54, 1.807) is 4.90 Å². The van der Waals surface area contributed by atoms with Crippen LogP contribution in [0.5, 0.6) is 0 Å². The van der Waals surface area contributed by atoms with Gasteiger partial charge in [0.15, 0.2) is 0 Å². The Hall–Kier alpha value is -3.35. The number of alkyl carbamates (subject to hydrolysis) is 1. The van der Waals surface area contributed by atoms with Gasteiger partial charge in [0.1, 0.15) is 6.61 Å². The largest absolute Gasteiger partial charge is 0.481 e. The van der Waals surface area contributed by atoms with Gasteiger partial charge >= 0.3 is 12.1 Å². The monoisotopic (exact) mass is 450 g/mol. The average molecular weight is 451 g/mol. The van der Waals surface area contributed by atoms with E-state index in [9.17, 15) is 14.4 Å². The minimum absolute atomic E-state index is 0.0213. The molecule has 174 valence electrons. The van der Waals surface area contributed by atoms with Crippen LogP contribution in [0.15, 0.2) is 48.5 Å². The number of nitrogens with zero attached hydrogens (tertiary/aromatic N) is 1. The van der Waals surface area contributed by atoms with E-state index in [1.807, 2.05) is 31.2 Å². The summed E-state index contributed by atoms with van der Waals surface area (Å²) in [5.74, 6) is -1.52. The first-order chi connectivity index (χ1) is 16.0. The van der Waals surface area contributed by atoms with E-state index in [2.05, 4.69) is 29.6 Å². The van der Waals surface area contributed by atoms with Gasteiger partial charge in [-0.15, -0.1) is 0 Å². The second-order valence-electron chi connectivity index (χ2n) is 8.82. The Morgan fingerprint density at radius 2 is 1.73 bits per heavy atom. The minimum Gasteiger partial charge on any atom is -0.481 e. The number of amides is 2. The number of ether oxygens (including phenoxy) is 1. The number of carboxylic acids is 1. The number of carbonyl (C=O) groups excluding carboxylic acids is 2. The number of hydrogen-bond acceptors (Lipinski definition) is 4. The van der Waals surface area contributed by atoms with Crippen molar-refractivity contribution in [3.63, 3.8) is 0 Å². The summed E-state index contributed by atoms with van der Waals surface area (Å²) in [5, 5.41) is 12.0. The van der Waals surface area contributed by atoms with Gasteiger partial charge in [0, 0.05) is 31.5 Å². The first-order valence-electron chi connectivity index (χ1n) is 11.6. The van der Waals surface area contributed by atoms with Crippen molar-refractivity contribution in [2.75, 3.05) is 19.7 Å². The number of nitrogens with one attached hydrogen (secondary N) is 1. The molecule has 0 spiro atoms. The van der Waals surface area contributed by atoms with E-state index in [-0.39, 0.29) is 37.4 Å². The molecule has 2 N–H and O–H groups in total. The lowest BCUT2D eigenvalue weighted by Crippen LogP contribution is -2.41. The van der Waals surface area contributed by atoms with Crippen LogP contribution in [-0.2, 0) is 14.3 Å². The van der Waals surface area contributed by atoms with E-state index in [1.165, 1.54) is 11.1 Å². The molecule has 0 aromatic heterocycles. The summed E-state index contributed by atoms with van der Waals surface area (Å²) in [6.45, 7) is 2.89.